The Bertz CT molecular complexity index is 763. The number of hydrogen-bond acceptors (Lipinski definition) is 5. The van der Waals surface area contributed by atoms with Crippen LogP contribution in [0.2, 0.25) is 0 Å². The molecule has 1 aliphatic rings. The zero-order valence-corrected chi connectivity index (χ0v) is 16.3. The number of hydrogen-bond donors (Lipinski definition) is 0. The van der Waals surface area contributed by atoms with Crippen LogP contribution in [-0.2, 0) is 0 Å². The summed E-state index contributed by atoms with van der Waals surface area (Å²) >= 11 is 1.36. The van der Waals surface area contributed by atoms with Crippen molar-refractivity contribution in [2.75, 3.05) is 0 Å². The zero-order chi connectivity index (χ0) is 18.0. The third-order valence-corrected chi connectivity index (χ3v) is 6.06. The summed E-state index contributed by atoms with van der Waals surface area (Å²) in [6.07, 6.45) is 6.02. The van der Waals surface area contributed by atoms with E-state index in [-0.39, 0.29) is 11.0 Å². The predicted octanol–water partition coefficient (Wildman–Crippen LogP) is 5.41. The van der Waals surface area contributed by atoms with Crippen LogP contribution >= 0.6 is 11.8 Å². The Labute approximate surface area is 153 Å². The van der Waals surface area contributed by atoms with Gasteiger partial charge in [0.15, 0.2) is 5.78 Å². The lowest BCUT2D eigenvalue weighted by Gasteiger charge is -2.17. The lowest BCUT2D eigenvalue weighted by Crippen LogP contribution is -2.15. The molecule has 1 aromatic heterocycles. The molecule has 1 fully saturated rings. The van der Waals surface area contributed by atoms with Gasteiger partial charge in [0, 0.05) is 11.5 Å². The van der Waals surface area contributed by atoms with Crippen LogP contribution in [0, 0.1) is 20.8 Å². The molecule has 1 atom stereocenters. The number of aromatic nitrogens is 2. The van der Waals surface area contributed by atoms with Gasteiger partial charge in [0.2, 0.25) is 5.89 Å². The molecule has 1 aliphatic carbocycles. The van der Waals surface area contributed by atoms with Crippen molar-refractivity contribution in [3.63, 3.8) is 0 Å². The van der Waals surface area contributed by atoms with E-state index in [0.717, 1.165) is 35.4 Å². The normalized spacial score (nSPS) is 16.8. The van der Waals surface area contributed by atoms with Gasteiger partial charge in [-0.25, -0.2) is 0 Å². The van der Waals surface area contributed by atoms with Gasteiger partial charge < -0.3 is 4.42 Å². The van der Waals surface area contributed by atoms with Crippen molar-refractivity contribution >= 4 is 17.5 Å². The van der Waals surface area contributed by atoms with Crippen LogP contribution in [0.15, 0.2) is 21.8 Å². The van der Waals surface area contributed by atoms with Crippen LogP contribution < -0.4 is 0 Å². The largest absolute Gasteiger partial charge is 0.416 e. The van der Waals surface area contributed by atoms with Crippen LogP contribution in [0.3, 0.4) is 0 Å². The van der Waals surface area contributed by atoms with Crippen molar-refractivity contribution in [3.8, 4) is 0 Å². The lowest BCUT2D eigenvalue weighted by atomic mass is 9.89. The number of Topliss-reactive ketones (excluding diaryl/α,β-unsaturated/α-hetero) is 1. The number of ketones is 1. The van der Waals surface area contributed by atoms with Crippen molar-refractivity contribution in [1.82, 2.24) is 10.2 Å². The molecular formula is C20H26N2O2S. The Morgan fingerprint density at radius 2 is 1.76 bits per heavy atom. The van der Waals surface area contributed by atoms with Gasteiger partial charge in [-0.3, -0.25) is 4.79 Å². The minimum absolute atomic E-state index is 0.114. The number of thioether (sulfide) groups is 1. The van der Waals surface area contributed by atoms with Crippen LogP contribution in [0.1, 0.15) is 77.9 Å². The first-order valence-electron chi connectivity index (χ1n) is 9.08. The molecule has 0 saturated heterocycles. The minimum atomic E-state index is -0.250. The second kappa shape index (κ2) is 7.73. The summed E-state index contributed by atoms with van der Waals surface area (Å²) in [5.74, 6) is 1.25. The highest BCUT2D eigenvalue weighted by molar-refractivity contribution is 8.00. The molecule has 0 N–H and O–H groups in total. The fourth-order valence-electron chi connectivity index (χ4n) is 3.43. The van der Waals surface area contributed by atoms with E-state index in [1.165, 1.54) is 36.6 Å². The number of benzene rings is 1. The van der Waals surface area contributed by atoms with Gasteiger partial charge in [-0.15, -0.1) is 10.2 Å². The zero-order valence-electron chi connectivity index (χ0n) is 15.5. The summed E-state index contributed by atoms with van der Waals surface area (Å²) < 4.78 is 5.84. The van der Waals surface area contributed by atoms with Crippen LogP contribution in [0.25, 0.3) is 0 Å². The summed E-state index contributed by atoms with van der Waals surface area (Å²) in [4.78, 5) is 12.8. The maximum atomic E-state index is 12.8. The molecule has 5 heteroatoms. The SMILES string of the molecule is Cc1cc(C)c(C(=O)C(C)Sc2nnc(C3CCCCC3)o2)cc1C. The van der Waals surface area contributed by atoms with E-state index in [2.05, 4.69) is 23.2 Å². The molecule has 1 aromatic carbocycles. The molecule has 0 radical (unpaired) electrons. The van der Waals surface area contributed by atoms with E-state index in [4.69, 9.17) is 4.42 Å². The maximum absolute atomic E-state index is 12.8. The molecule has 1 heterocycles. The van der Waals surface area contributed by atoms with Crippen LogP contribution in [0.5, 0.6) is 0 Å². The fraction of sp³-hybridized carbons (Fsp3) is 0.550. The van der Waals surface area contributed by atoms with Crippen LogP contribution in [0.4, 0.5) is 0 Å². The molecule has 0 aliphatic heterocycles. The molecular weight excluding hydrogens is 332 g/mol. The first-order chi connectivity index (χ1) is 12.0. The van der Waals surface area contributed by atoms with Gasteiger partial charge in [0.25, 0.3) is 5.22 Å². The third-order valence-electron chi connectivity index (χ3n) is 5.13. The average Bonchev–Trinajstić information content (AvgIpc) is 3.07. The molecule has 3 rings (SSSR count). The molecule has 0 spiro atoms. The molecule has 4 nitrogen and oxygen atoms in total. The number of rotatable bonds is 5. The number of carbonyl (C=O) groups excluding carboxylic acids is 1. The first-order valence-corrected chi connectivity index (χ1v) is 9.95. The van der Waals surface area contributed by atoms with Crippen molar-refractivity contribution in [3.05, 3.63) is 40.3 Å². The van der Waals surface area contributed by atoms with Crippen molar-refractivity contribution < 1.29 is 9.21 Å². The lowest BCUT2D eigenvalue weighted by molar-refractivity contribution is 0.0993. The van der Waals surface area contributed by atoms with Crippen molar-refractivity contribution in [2.45, 2.75) is 76.2 Å². The van der Waals surface area contributed by atoms with Gasteiger partial charge in [-0.1, -0.05) is 37.1 Å². The van der Waals surface area contributed by atoms with E-state index in [1.807, 2.05) is 26.8 Å². The Morgan fingerprint density at radius 3 is 2.48 bits per heavy atom. The maximum Gasteiger partial charge on any atom is 0.277 e. The fourth-order valence-corrected chi connectivity index (χ4v) is 4.19. The summed E-state index contributed by atoms with van der Waals surface area (Å²) in [7, 11) is 0. The van der Waals surface area contributed by atoms with Gasteiger partial charge in [0.05, 0.1) is 5.25 Å². The highest BCUT2D eigenvalue weighted by atomic mass is 32.2. The third kappa shape index (κ3) is 4.14. The Balaban J connectivity index is 1.69. The van der Waals surface area contributed by atoms with Gasteiger partial charge >= 0.3 is 0 Å². The van der Waals surface area contributed by atoms with E-state index in [9.17, 15) is 4.79 Å². The number of aryl methyl sites for hydroxylation is 3. The highest BCUT2D eigenvalue weighted by Gasteiger charge is 2.24. The Kier molecular flexibility index (Phi) is 5.62. The van der Waals surface area contributed by atoms with Gasteiger partial charge in [0.1, 0.15) is 0 Å². The van der Waals surface area contributed by atoms with Gasteiger partial charge in [-0.05, 0) is 63.3 Å². The second-order valence-electron chi connectivity index (χ2n) is 7.12. The van der Waals surface area contributed by atoms with E-state index < -0.39 is 0 Å². The van der Waals surface area contributed by atoms with E-state index >= 15 is 0 Å². The quantitative estimate of drug-likeness (QED) is 0.528. The number of carbonyl (C=O) groups is 1. The van der Waals surface area contributed by atoms with Crippen molar-refractivity contribution in [1.29, 1.82) is 0 Å². The van der Waals surface area contributed by atoms with Crippen molar-refractivity contribution in [2.24, 2.45) is 0 Å². The number of nitrogens with zero attached hydrogens (tertiary/aromatic N) is 2. The molecule has 0 amide bonds. The first kappa shape index (κ1) is 18.2. The van der Waals surface area contributed by atoms with E-state index in [1.54, 1.807) is 0 Å². The molecule has 1 unspecified atom stereocenters. The topological polar surface area (TPSA) is 56.0 Å². The van der Waals surface area contributed by atoms with E-state index in [0.29, 0.717) is 11.1 Å². The Morgan fingerprint density at radius 1 is 1.08 bits per heavy atom. The monoisotopic (exact) mass is 358 g/mol. The summed E-state index contributed by atoms with van der Waals surface area (Å²) in [5.41, 5.74) is 4.16. The van der Waals surface area contributed by atoms with Crippen LogP contribution in [-0.4, -0.2) is 21.2 Å². The van der Waals surface area contributed by atoms with Gasteiger partial charge in [-0.2, -0.15) is 0 Å². The summed E-state index contributed by atoms with van der Waals surface area (Å²) in [6, 6.07) is 4.07. The Hall–Kier alpha value is -1.62. The molecule has 134 valence electrons. The molecule has 1 saturated carbocycles. The highest BCUT2D eigenvalue weighted by Crippen LogP contribution is 2.34. The predicted molar refractivity (Wildman–Crippen MR) is 100 cm³/mol. The standard InChI is InChI=1S/C20H26N2O2S/c1-12-10-14(3)17(11-13(12)2)18(23)15(4)25-20-22-21-19(24-20)16-8-6-5-7-9-16/h10-11,15-16H,5-9H2,1-4H3. The minimum Gasteiger partial charge on any atom is -0.416 e. The molecule has 25 heavy (non-hydrogen) atoms. The average molecular weight is 359 g/mol. The molecule has 2 aromatic rings. The second-order valence-corrected chi connectivity index (χ2v) is 8.41. The summed E-state index contributed by atoms with van der Waals surface area (Å²) in [5, 5.41) is 8.63. The smallest absolute Gasteiger partial charge is 0.277 e. The molecule has 0 bridgehead atoms. The summed E-state index contributed by atoms with van der Waals surface area (Å²) in [6.45, 7) is 8.01.